The summed E-state index contributed by atoms with van der Waals surface area (Å²) in [6, 6.07) is 1.37. The number of ether oxygens (including phenoxy) is 1. The van der Waals surface area contributed by atoms with Crippen LogP contribution in [0.4, 0.5) is 0 Å². The van der Waals surface area contributed by atoms with E-state index < -0.39 is 10.0 Å². The SMILES string of the molecule is COCC1CCCN1S(=O)(=O)c1cnc(Cl)c(Br)c1. The van der Waals surface area contributed by atoms with Crippen LogP contribution < -0.4 is 0 Å². The quantitative estimate of drug-likeness (QED) is 0.764. The number of pyridine rings is 1. The summed E-state index contributed by atoms with van der Waals surface area (Å²) < 4.78 is 32.1. The average molecular weight is 370 g/mol. The molecule has 0 N–H and O–H groups in total. The Morgan fingerprint density at radius 1 is 1.63 bits per heavy atom. The lowest BCUT2D eigenvalue weighted by Crippen LogP contribution is -2.38. The molecule has 1 aromatic heterocycles. The van der Waals surface area contributed by atoms with Gasteiger partial charge in [-0.2, -0.15) is 4.31 Å². The van der Waals surface area contributed by atoms with E-state index >= 15 is 0 Å². The summed E-state index contributed by atoms with van der Waals surface area (Å²) in [6.45, 7) is 0.915. The number of hydrogen-bond donors (Lipinski definition) is 0. The molecule has 0 saturated carbocycles. The van der Waals surface area contributed by atoms with Crippen LogP contribution in [0.1, 0.15) is 12.8 Å². The molecule has 0 aromatic carbocycles. The summed E-state index contributed by atoms with van der Waals surface area (Å²) in [4.78, 5) is 4.01. The minimum atomic E-state index is -3.55. The number of rotatable bonds is 4. The van der Waals surface area contributed by atoms with Crippen molar-refractivity contribution in [1.29, 1.82) is 0 Å². The summed E-state index contributed by atoms with van der Waals surface area (Å²) in [5, 5.41) is 0.244. The predicted octanol–water partition coefficient (Wildman–Crippen LogP) is 2.30. The van der Waals surface area contributed by atoms with Gasteiger partial charge in [-0.15, -0.1) is 0 Å². The lowest BCUT2D eigenvalue weighted by atomic mass is 10.2. The molecular weight excluding hydrogens is 356 g/mol. The van der Waals surface area contributed by atoms with Gasteiger partial charge in [-0.3, -0.25) is 0 Å². The molecule has 1 unspecified atom stereocenters. The van der Waals surface area contributed by atoms with Gasteiger partial charge in [0.2, 0.25) is 10.0 Å². The first-order chi connectivity index (χ1) is 8.96. The standard InChI is InChI=1S/C11H14BrClN2O3S/c1-18-7-8-3-2-4-15(8)19(16,17)9-5-10(12)11(13)14-6-9/h5-6,8H,2-4,7H2,1H3. The van der Waals surface area contributed by atoms with Gasteiger partial charge in [0.15, 0.2) is 0 Å². The molecular formula is C11H14BrClN2O3S. The highest BCUT2D eigenvalue weighted by atomic mass is 79.9. The van der Waals surface area contributed by atoms with Crippen molar-refractivity contribution >= 4 is 37.6 Å². The Bertz CT molecular complexity index is 567. The minimum Gasteiger partial charge on any atom is -0.383 e. The fourth-order valence-electron chi connectivity index (χ4n) is 2.16. The van der Waals surface area contributed by atoms with E-state index in [0.29, 0.717) is 17.6 Å². The number of sulfonamides is 1. The first-order valence-corrected chi connectivity index (χ1v) is 8.39. The van der Waals surface area contributed by atoms with Crippen LogP contribution in [-0.4, -0.2) is 44.0 Å². The van der Waals surface area contributed by atoms with Crippen LogP contribution in [0.3, 0.4) is 0 Å². The molecule has 1 fully saturated rings. The topological polar surface area (TPSA) is 59.5 Å². The van der Waals surface area contributed by atoms with Crippen LogP contribution >= 0.6 is 27.5 Å². The maximum absolute atomic E-state index is 12.5. The second-order valence-electron chi connectivity index (χ2n) is 4.31. The average Bonchev–Trinajstić information content (AvgIpc) is 2.82. The molecule has 2 rings (SSSR count). The van der Waals surface area contributed by atoms with E-state index in [9.17, 15) is 8.42 Å². The van der Waals surface area contributed by atoms with Gasteiger partial charge in [0.1, 0.15) is 10.0 Å². The second kappa shape index (κ2) is 6.05. The zero-order chi connectivity index (χ0) is 14.0. The van der Waals surface area contributed by atoms with Gasteiger partial charge in [0.25, 0.3) is 0 Å². The Hall–Kier alpha value is -0.210. The molecule has 0 radical (unpaired) electrons. The summed E-state index contributed by atoms with van der Waals surface area (Å²) in [5.74, 6) is 0. The van der Waals surface area contributed by atoms with Gasteiger partial charge in [0.05, 0.1) is 11.1 Å². The van der Waals surface area contributed by atoms with Crippen LogP contribution in [0.25, 0.3) is 0 Å². The van der Waals surface area contributed by atoms with Gasteiger partial charge in [0, 0.05) is 25.9 Å². The molecule has 5 nitrogen and oxygen atoms in total. The zero-order valence-corrected chi connectivity index (χ0v) is 13.5. The Morgan fingerprint density at radius 2 is 2.37 bits per heavy atom. The highest BCUT2D eigenvalue weighted by Crippen LogP contribution is 2.29. The van der Waals surface area contributed by atoms with E-state index in [1.54, 1.807) is 7.11 Å². The van der Waals surface area contributed by atoms with E-state index in [0.717, 1.165) is 12.8 Å². The normalized spacial score (nSPS) is 20.9. The smallest absolute Gasteiger partial charge is 0.244 e. The molecule has 19 heavy (non-hydrogen) atoms. The molecule has 0 bridgehead atoms. The number of methoxy groups -OCH3 is 1. The summed E-state index contributed by atoms with van der Waals surface area (Å²) in [5.41, 5.74) is 0. The Kier molecular flexibility index (Phi) is 4.84. The molecule has 8 heteroatoms. The third-order valence-corrected chi connectivity index (χ3v) is 6.11. The predicted molar refractivity (Wildman–Crippen MR) is 75.7 cm³/mol. The highest BCUT2D eigenvalue weighted by molar-refractivity contribution is 9.10. The van der Waals surface area contributed by atoms with E-state index in [2.05, 4.69) is 20.9 Å². The molecule has 0 spiro atoms. The molecule has 1 atom stereocenters. The fraction of sp³-hybridized carbons (Fsp3) is 0.545. The van der Waals surface area contributed by atoms with E-state index in [1.807, 2.05) is 0 Å². The van der Waals surface area contributed by atoms with Crippen molar-refractivity contribution in [2.45, 2.75) is 23.8 Å². The van der Waals surface area contributed by atoms with Crippen LogP contribution in [0.15, 0.2) is 21.6 Å². The monoisotopic (exact) mass is 368 g/mol. The maximum Gasteiger partial charge on any atom is 0.244 e. The summed E-state index contributed by atoms with van der Waals surface area (Å²) in [6.07, 6.45) is 2.94. The third-order valence-electron chi connectivity index (χ3n) is 3.06. The first kappa shape index (κ1) is 15.2. The molecule has 1 aliphatic rings. The largest absolute Gasteiger partial charge is 0.383 e. The molecule has 0 amide bonds. The minimum absolute atomic E-state index is 0.107. The summed E-state index contributed by atoms with van der Waals surface area (Å²) >= 11 is 8.97. The van der Waals surface area contributed by atoms with Crippen molar-refractivity contribution in [2.24, 2.45) is 0 Å². The Balaban J connectivity index is 2.33. The molecule has 106 valence electrons. The van der Waals surface area contributed by atoms with Gasteiger partial charge in [-0.05, 0) is 34.8 Å². The van der Waals surface area contributed by atoms with Crippen molar-refractivity contribution in [3.63, 3.8) is 0 Å². The van der Waals surface area contributed by atoms with Gasteiger partial charge < -0.3 is 4.74 Å². The molecule has 1 aliphatic heterocycles. The number of halogens is 2. The van der Waals surface area contributed by atoms with Crippen molar-refractivity contribution in [3.8, 4) is 0 Å². The third kappa shape index (κ3) is 3.11. The van der Waals surface area contributed by atoms with Crippen LogP contribution in [0.2, 0.25) is 5.15 Å². The van der Waals surface area contributed by atoms with Crippen LogP contribution in [-0.2, 0) is 14.8 Å². The van der Waals surface area contributed by atoms with E-state index in [4.69, 9.17) is 16.3 Å². The molecule has 1 saturated heterocycles. The second-order valence-corrected chi connectivity index (χ2v) is 7.41. The number of nitrogens with zero attached hydrogens (tertiary/aromatic N) is 2. The maximum atomic E-state index is 12.5. The Morgan fingerprint density at radius 3 is 3.00 bits per heavy atom. The zero-order valence-electron chi connectivity index (χ0n) is 10.3. The first-order valence-electron chi connectivity index (χ1n) is 5.78. The molecule has 1 aromatic rings. The number of aromatic nitrogens is 1. The van der Waals surface area contributed by atoms with Crippen molar-refractivity contribution in [1.82, 2.24) is 9.29 Å². The number of hydrogen-bond acceptors (Lipinski definition) is 4. The van der Waals surface area contributed by atoms with Crippen LogP contribution in [0, 0.1) is 0 Å². The molecule has 0 aliphatic carbocycles. The van der Waals surface area contributed by atoms with Crippen molar-refractivity contribution in [3.05, 3.63) is 21.9 Å². The van der Waals surface area contributed by atoms with Gasteiger partial charge >= 0.3 is 0 Å². The van der Waals surface area contributed by atoms with Crippen molar-refractivity contribution in [2.75, 3.05) is 20.3 Å². The molecule has 2 heterocycles. The highest BCUT2D eigenvalue weighted by Gasteiger charge is 2.35. The Labute approximate surface area is 126 Å². The van der Waals surface area contributed by atoms with Gasteiger partial charge in [-0.1, -0.05) is 11.6 Å². The van der Waals surface area contributed by atoms with E-state index in [1.165, 1.54) is 16.6 Å². The van der Waals surface area contributed by atoms with E-state index in [-0.39, 0.29) is 16.1 Å². The summed E-state index contributed by atoms with van der Waals surface area (Å²) in [7, 11) is -1.97. The van der Waals surface area contributed by atoms with Crippen LogP contribution in [0.5, 0.6) is 0 Å². The van der Waals surface area contributed by atoms with Crippen molar-refractivity contribution < 1.29 is 13.2 Å². The van der Waals surface area contributed by atoms with Gasteiger partial charge in [-0.25, -0.2) is 13.4 Å². The fourth-order valence-corrected chi connectivity index (χ4v) is 4.42. The lowest BCUT2D eigenvalue weighted by Gasteiger charge is -2.23. The lowest BCUT2D eigenvalue weighted by molar-refractivity contribution is 0.149.